The summed E-state index contributed by atoms with van der Waals surface area (Å²) in [5.41, 5.74) is 1.44. The molecule has 1 saturated heterocycles. The van der Waals surface area contributed by atoms with Crippen molar-refractivity contribution in [2.75, 3.05) is 0 Å². The Morgan fingerprint density at radius 1 is 1.00 bits per heavy atom. The Hall–Kier alpha value is -3.87. The second kappa shape index (κ2) is 7.63. The molecule has 1 amide bonds. The highest BCUT2D eigenvalue weighted by molar-refractivity contribution is 6.46. The predicted molar refractivity (Wildman–Crippen MR) is 103 cm³/mol. The number of Topliss-reactive ketones (excluding diaryl/α,β-unsaturated/α-hetero) is 1. The molecule has 1 unspecified atom stereocenters. The van der Waals surface area contributed by atoms with Crippen LogP contribution in [0, 0.1) is 5.82 Å². The number of hydrogen-bond acceptors (Lipinski definition) is 5. The number of aliphatic hydroxyl groups is 1. The summed E-state index contributed by atoms with van der Waals surface area (Å²) in [5.74, 6) is -2.23. The molecule has 0 saturated carbocycles. The highest BCUT2D eigenvalue weighted by atomic mass is 19.1. The van der Waals surface area contributed by atoms with E-state index < -0.39 is 23.5 Å². The van der Waals surface area contributed by atoms with Crippen molar-refractivity contribution in [2.24, 2.45) is 0 Å². The molecule has 29 heavy (non-hydrogen) atoms. The number of hydrogen-bond donors (Lipinski definition) is 1. The van der Waals surface area contributed by atoms with E-state index in [1.54, 1.807) is 48.7 Å². The summed E-state index contributed by atoms with van der Waals surface area (Å²) in [5, 5.41) is 10.8. The summed E-state index contributed by atoms with van der Waals surface area (Å²) in [6.07, 6.45) is 4.53. The Morgan fingerprint density at radius 3 is 2.38 bits per heavy atom. The fourth-order valence-corrected chi connectivity index (χ4v) is 3.34. The van der Waals surface area contributed by atoms with Gasteiger partial charge in [0, 0.05) is 30.7 Å². The summed E-state index contributed by atoms with van der Waals surface area (Å²) in [6, 6.07) is 13.1. The van der Waals surface area contributed by atoms with Crippen LogP contribution in [0.1, 0.15) is 22.9 Å². The standard InChI is InChI=1S/C22H16FN3O3/c23-16-6-4-14(5-7-16)13-26-19(17-3-1-2-10-25-17)18(21(28)22(26)29)20(27)15-8-11-24-12-9-15/h1-12,19,27H,13H2/b20-18-. The van der Waals surface area contributed by atoms with Gasteiger partial charge in [-0.15, -0.1) is 0 Å². The van der Waals surface area contributed by atoms with Crippen molar-refractivity contribution in [3.05, 3.63) is 101 Å². The number of nitrogens with zero attached hydrogens (tertiary/aromatic N) is 3. The zero-order chi connectivity index (χ0) is 20.4. The van der Waals surface area contributed by atoms with Crippen LogP contribution in [0.25, 0.3) is 5.76 Å². The zero-order valence-corrected chi connectivity index (χ0v) is 15.2. The van der Waals surface area contributed by atoms with E-state index in [2.05, 4.69) is 9.97 Å². The number of amides is 1. The maximum absolute atomic E-state index is 13.2. The highest BCUT2D eigenvalue weighted by Gasteiger charge is 2.46. The number of carbonyl (C=O) groups is 2. The van der Waals surface area contributed by atoms with Crippen molar-refractivity contribution in [3.63, 3.8) is 0 Å². The van der Waals surface area contributed by atoms with Gasteiger partial charge in [-0.3, -0.25) is 19.6 Å². The van der Waals surface area contributed by atoms with E-state index in [1.165, 1.54) is 29.4 Å². The van der Waals surface area contributed by atoms with Crippen molar-refractivity contribution < 1.29 is 19.1 Å². The quantitative estimate of drug-likeness (QED) is 0.421. The molecule has 0 radical (unpaired) electrons. The topological polar surface area (TPSA) is 83.4 Å². The third-order valence-electron chi connectivity index (χ3n) is 4.73. The molecule has 1 fully saturated rings. The molecule has 6 nitrogen and oxygen atoms in total. The largest absolute Gasteiger partial charge is 0.507 e. The van der Waals surface area contributed by atoms with Gasteiger partial charge in [0.15, 0.2) is 0 Å². The van der Waals surface area contributed by atoms with Crippen LogP contribution in [-0.2, 0) is 16.1 Å². The van der Waals surface area contributed by atoms with Gasteiger partial charge in [-0.2, -0.15) is 0 Å². The smallest absolute Gasteiger partial charge is 0.296 e. The average molecular weight is 389 g/mol. The summed E-state index contributed by atoms with van der Waals surface area (Å²) < 4.78 is 13.2. The maximum atomic E-state index is 13.2. The van der Waals surface area contributed by atoms with Gasteiger partial charge >= 0.3 is 0 Å². The number of rotatable bonds is 4. The molecule has 1 aliphatic heterocycles. The molecule has 0 bridgehead atoms. The molecule has 1 aromatic carbocycles. The van der Waals surface area contributed by atoms with Gasteiger partial charge in [0.2, 0.25) is 0 Å². The van der Waals surface area contributed by atoms with Gasteiger partial charge in [-0.25, -0.2) is 4.39 Å². The highest BCUT2D eigenvalue weighted by Crippen LogP contribution is 2.39. The Labute approximate surface area is 166 Å². The Kier molecular flexibility index (Phi) is 4.87. The van der Waals surface area contributed by atoms with E-state index in [1.807, 2.05) is 0 Å². The van der Waals surface area contributed by atoms with E-state index in [-0.39, 0.29) is 17.9 Å². The lowest BCUT2D eigenvalue weighted by Crippen LogP contribution is -2.29. The van der Waals surface area contributed by atoms with Crippen molar-refractivity contribution in [1.29, 1.82) is 0 Å². The van der Waals surface area contributed by atoms with Gasteiger partial charge in [0.1, 0.15) is 17.6 Å². The van der Waals surface area contributed by atoms with E-state index in [0.29, 0.717) is 16.8 Å². The second-order valence-corrected chi connectivity index (χ2v) is 6.54. The zero-order valence-electron chi connectivity index (χ0n) is 15.2. The van der Waals surface area contributed by atoms with Crippen molar-refractivity contribution >= 4 is 17.4 Å². The molecule has 4 rings (SSSR count). The molecule has 3 heterocycles. The van der Waals surface area contributed by atoms with Crippen molar-refractivity contribution in [1.82, 2.24) is 14.9 Å². The van der Waals surface area contributed by atoms with Crippen LogP contribution in [0.4, 0.5) is 4.39 Å². The number of aromatic nitrogens is 2. The molecule has 1 N–H and O–H groups in total. The van der Waals surface area contributed by atoms with Gasteiger partial charge in [-0.05, 0) is 42.0 Å². The minimum atomic E-state index is -0.866. The summed E-state index contributed by atoms with van der Waals surface area (Å²) in [4.78, 5) is 35.2. The molecule has 3 aromatic rings. The number of ketones is 1. The first kappa shape index (κ1) is 18.5. The number of pyridine rings is 2. The molecule has 0 spiro atoms. The average Bonchev–Trinajstić information content (AvgIpc) is 3.01. The third-order valence-corrected chi connectivity index (χ3v) is 4.73. The van der Waals surface area contributed by atoms with E-state index >= 15 is 0 Å². The molecular formula is C22H16FN3O3. The Balaban J connectivity index is 1.83. The van der Waals surface area contributed by atoms with Crippen molar-refractivity contribution in [3.8, 4) is 0 Å². The lowest BCUT2D eigenvalue weighted by atomic mass is 9.98. The minimum absolute atomic E-state index is 0.0398. The summed E-state index contributed by atoms with van der Waals surface area (Å²) in [6.45, 7) is 0.0687. The van der Waals surface area contributed by atoms with Crippen LogP contribution in [0.15, 0.2) is 78.8 Å². The van der Waals surface area contributed by atoms with E-state index in [9.17, 15) is 19.1 Å². The fourth-order valence-electron chi connectivity index (χ4n) is 3.34. The Morgan fingerprint density at radius 2 is 1.72 bits per heavy atom. The number of benzene rings is 1. The SMILES string of the molecule is O=C1C(=O)N(Cc2ccc(F)cc2)C(c2ccccn2)/C1=C(/O)c1ccncc1. The number of aliphatic hydroxyl groups excluding tert-OH is 1. The molecule has 144 valence electrons. The van der Waals surface area contributed by atoms with Crippen LogP contribution in [0.3, 0.4) is 0 Å². The second-order valence-electron chi connectivity index (χ2n) is 6.54. The first-order chi connectivity index (χ1) is 14.1. The first-order valence-corrected chi connectivity index (χ1v) is 8.90. The molecule has 2 aromatic heterocycles. The lowest BCUT2D eigenvalue weighted by Gasteiger charge is -2.24. The van der Waals surface area contributed by atoms with Gasteiger partial charge in [0.25, 0.3) is 11.7 Å². The van der Waals surface area contributed by atoms with Crippen LogP contribution >= 0.6 is 0 Å². The minimum Gasteiger partial charge on any atom is -0.507 e. The van der Waals surface area contributed by atoms with Crippen LogP contribution in [0.5, 0.6) is 0 Å². The summed E-state index contributed by atoms with van der Waals surface area (Å²) in [7, 11) is 0. The molecule has 1 aliphatic rings. The van der Waals surface area contributed by atoms with Crippen molar-refractivity contribution in [2.45, 2.75) is 12.6 Å². The van der Waals surface area contributed by atoms with Gasteiger partial charge in [0.05, 0.1) is 11.3 Å². The Bertz CT molecular complexity index is 1080. The van der Waals surface area contributed by atoms with E-state index in [0.717, 1.165) is 0 Å². The molecule has 0 aliphatic carbocycles. The number of likely N-dealkylation sites (tertiary alicyclic amines) is 1. The molecule has 1 atom stereocenters. The number of halogens is 1. The van der Waals surface area contributed by atoms with Gasteiger partial charge < -0.3 is 10.0 Å². The van der Waals surface area contributed by atoms with Crippen LogP contribution < -0.4 is 0 Å². The number of carbonyl (C=O) groups excluding carboxylic acids is 2. The van der Waals surface area contributed by atoms with E-state index in [4.69, 9.17) is 0 Å². The first-order valence-electron chi connectivity index (χ1n) is 8.90. The molecular weight excluding hydrogens is 373 g/mol. The fraction of sp³-hybridized carbons (Fsp3) is 0.0909. The van der Waals surface area contributed by atoms with Crippen LogP contribution in [-0.4, -0.2) is 31.7 Å². The molecule has 7 heteroatoms. The monoisotopic (exact) mass is 389 g/mol. The van der Waals surface area contributed by atoms with Gasteiger partial charge in [-0.1, -0.05) is 18.2 Å². The lowest BCUT2D eigenvalue weighted by molar-refractivity contribution is -0.140. The third kappa shape index (κ3) is 3.50. The predicted octanol–water partition coefficient (Wildman–Crippen LogP) is 3.24. The van der Waals surface area contributed by atoms with Crippen LogP contribution in [0.2, 0.25) is 0 Å². The summed E-state index contributed by atoms with van der Waals surface area (Å²) >= 11 is 0. The normalized spacial score (nSPS) is 18.2. The maximum Gasteiger partial charge on any atom is 0.296 e.